The molecule has 0 aromatic carbocycles. The molecule has 0 radical (unpaired) electrons. The summed E-state index contributed by atoms with van der Waals surface area (Å²) in [5, 5.41) is 17.8. The van der Waals surface area contributed by atoms with E-state index in [1.807, 2.05) is 30.5 Å². The zero-order valence-corrected chi connectivity index (χ0v) is 13.1. The van der Waals surface area contributed by atoms with Gasteiger partial charge in [0.05, 0.1) is 12.0 Å². The maximum Gasteiger partial charge on any atom is 0.313 e. The number of hydrogen-bond acceptors (Lipinski definition) is 5. The summed E-state index contributed by atoms with van der Waals surface area (Å²) in [6, 6.07) is 3.89. The summed E-state index contributed by atoms with van der Waals surface area (Å²) in [5.74, 6) is 1.08. The van der Waals surface area contributed by atoms with E-state index in [-0.39, 0.29) is 17.7 Å². The van der Waals surface area contributed by atoms with E-state index in [0.29, 0.717) is 11.6 Å². The summed E-state index contributed by atoms with van der Waals surface area (Å²) in [6.07, 6.45) is 2.36. The Kier molecular flexibility index (Phi) is 5.06. The molecule has 1 N–H and O–H groups in total. The van der Waals surface area contributed by atoms with Crippen molar-refractivity contribution in [3.8, 4) is 0 Å². The molecule has 0 aliphatic carbocycles. The number of thioether (sulfide) groups is 1. The van der Waals surface area contributed by atoms with Gasteiger partial charge in [0.1, 0.15) is 11.6 Å². The zero-order chi connectivity index (χ0) is 15.4. The lowest BCUT2D eigenvalue weighted by molar-refractivity contribution is -0.133. The molecule has 2 aromatic heterocycles. The molecular weight excluding hydrogens is 290 g/mol. The smallest absolute Gasteiger partial charge is 0.313 e. The molecule has 21 heavy (non-hydrogen) atoms. The number of nitrogens with zero attached hydrogens (tertiary/aromatic N) is 3. The van der Waals surface area contributed by atoms with Crippen LogP contribution >= 0.6 is 11.8 Å². The maximum atomic E-state index is 10.8. The number of carboxylic acid groups (broad SMARTS) is 1. The third kappa shape index (κ3) is 3.87. The van der Waals surface area contributed by atoms with Crippen LogP contribution in [-0.2, 0) is 11.2 Å². The minimum absolute atomic E-state index is 0.0241. The topological polar surface area (TPSA) is 81.1 Å². The van der Waals surface area contributed by atoms with Crippen molar-refractivity contribution in [2.45, 2.75) is 44.3 Å². The molecule has 0 spiro atoms. The molecule has 0 aliphatic rings. The maximum absolute atomic E-state index is 10.8. The summed E-state index contributed by atoms with van der Waals surface area (Å²) in [6.45, 7) is 6.15. The van der Waals surface area contributed by atoms with E-state index in [0.717, 1.165) is 11.6 Å². The van der Waals surface area contributed by atoms with Crippen LogP contribution in [-0.4, -0.2) is 31.6 Å². The Morgan fingerprint density at radius 2 is 2.19 bits per heavy atom. The van der Waals surface area contributed by atoms with Crippen LogP contribution in [0.4, 0.5) is 0 Å². The van der Waals surface area contributed by atoms with Crippen LogP contribution in [0.2, 0.25) is 0 Å². The monoisotopic (exact) mass is 309 g/mol. The molecule has 0 aliphatic heterocycles. The molecule has 114 valence electrons. The van der Waals surface area contributed by atoms with E-state index in [9.17, 15) is 4.79 Å². The molecule has 2 heterocycles. The van der Waals surface area contributed by atoms with Gasteiger partial charge in [0.15, 0.2) is 5.16 Å². The first-order chi connectivity index (χ1) is 9.99. The van der Waals surface area contributed by atoms with Crippen LogP contribution in [0.15, 0.2) is 28.0 Å². The lowest BCUT2D eigenvalue weighted by Crippen LogP contribution is -2.14. The number of hydrogen-bond donors (Lipinski definition) is 1. The summed E-state index contributed by atoms with van der Waals surface area (Å²) in [4.78, 5) is 10.8. The largest absolute Gasteiger partial charge is 0.481 e. The van der Waals surface area contributed by atoms with Gasteiger partial charge < -0.3 is 14.1 Å². The summed E-state index contributed by atoms with van der Waals surface area (Å²) in [7, 11) is 0. The second-order valence-electron chi connectivity index (χ2n) is 5.18. The van der Waals surface area contributed by atoms with Gasteiger partial charge in [0.2, 0.25) is 0 Å². The quantitative estimate of drug-likeness (QED) is 0.792. The first-order valence-electron chi connectivity index (χ1n) is 6.80. The summed E-state index contributed by atoms with van der Waals surface area (Å²) >= 11 is 1.19. The highest BCUT2D eigenvalue weighted by Crippen LogP contribution is 2.27. The average molecular weight is 309 g/mol. The average Bonchev–Trinajstić information content (AvgIpc) is 3.04. The van der Waals surface area contributed by atoms with Crippen molar-refractivity contribution in [3.05, 3.63) is 30.0 Å². The standard InChI is InChI=1S/C14H19N3O3S/c1-9(2)13-15-16-14(21-8-12(18)19)17(13)10(3)7-11-5-4-6-20-11/h4-6,9-10H,7-8H2,1-3H3,(H,18,19). The number of furan rings is 1. The SMILES string of the molecule is CC(C)c1nnc(SCC(=O)O)n1C(C)Cc1ccco1. The first-order valence-corrected chi connectivity index (χ1v) is 7.79. The predicted octanol–water partition coefficient (Wildman–Crippen LogP) is 2.97. The Labute approximate surface area is 127 Å². The lowest BCUT2D eigenvalue weighted by Gasteiger charge is -2.18. The minimum Gasteiger partial charge on any atom is -0.481 e. The number of carbonyl (C=O) groups is 1. The summed E-state index contributed by atoms with van der Waals surface area (Å²) in [5.41, 5.74) is 0. The Morgan fingerprint density at radius 3 is 2.76 bits per heavy atom. The molecule has 6 nitrogen and oxygen atoms in total. The third-order valence-electron chi connectivity index (χ3n) is 3.05. The van der Waals surface area contributed by atoms with Gasteiger partial charge in [-0.25, -0.2) is 0 Å². The van der Waals surface area contributed by atoms with E-state index < -0.39 is 5.97 Å². The van der Waals surface area contributed by atoms with E-state index >= 15 is 0 Å². The highest BCUT2D eigenvalue weighted by molar-refractivity contribution is 7.99. The van der Waals surface area contributed by atoms with Crippen LogP contribution in [0.1, 0.15) is 44.3 Å². The van der Waals surface area contributed by atoms with Gasteiger partial charge in [0.25, 0.3) is 0 Å². The van der Waals surface area contributed by atoms with Crippen molar-refractivity contribution in [1.82, 2.24) is 14.8 Å². The highest BCUT2D eigenvalue weighted by Gasteiger charge is 2.21. The van der Waals surface area contributed by atoms with Crippen molar-refractivity contribution in [3.63, 3.8) is 0 Å². The van der Waals surface area contributed by atoms with Crippen molar-refractivity contribution >= 4 is 17.7 Å². The Bertz CT molecular complexity index is 593. The number of aromatic nitrogens is 3. The highest BCUT2D eigenvalue weighted by atomic mass is 32.2. The Morgan fingerprint density at radius 1 is 1.43 bits per heavy atom. The fraction of sp³-hybridized carbons (Fsp3) is 0.500. The third-order valence-corrected chi connectivity index (χ3v) is 3.98. The van der Waals surface area contributed by atoms with Crippen LogP contribution in [0.5, 0.6) is 0 Å². The van der Waals surface area contributed by atoms with E-state index in [4.69, 9.17) is 9.52 Å². The van der Waals surface area contributed by atoms with Gasteiger partial charge in [-0.3, -0.25) is 4.79 Å². The molecule has 0 saturated carbocycles. The van der Waals surface area contributed by atoms with Crippen molar-refractivity contribution in [2.75, 3.05) is 5.75 Å². The molecule has 0 bridgehead atoms. The van der Waals surface area contributed by atoms with E-state index in [2.05, 4.69) is 17.1 Å². The number of rotatable bonds is 7. The molecule has 2 aromatic rings. The van der Waals surface area contributed by atoms with Gasteiger partial charge in [-0.1, -0.05) is 25.6 Å². The Balaban J connectivity index is 2.24. The molecule has 0 amide bonds. The van der Waals surface area contributed by atoms with Crippen LogP contribution in [0.3, 0.4) is 0 Å². The molecule has 7 heteroatoms. The second kappa shape index (κ2) is 6.80. The van der Waals surface area contributed by atoms with Gasteiger partial charge in [0, 0.05) is 18.4 Å². The Hall–Kier alpha value is -1.76. The van der Waals surface area contributed by atoms with Crippen molar-refractivity contribution < 1.29 is 14.3 Å². The lowest BCUT2D eigenvalue weighted by atomic mass is 10.1. The van der Waals surface area contributed by atoms with Gasteiger partial charge in [-0.05, 0) is 19.1 Å². The molecule has 0 fully saturated rings. The van der Waals surface area contributed by atoms with Gasteiger partial charge in [-0.15, -0.1) is 10.2 Å². The fourth-order valence-electron chi connectivity index (χ4n) is 2.13. The number of aliphatic carboxylic acids is 1. The first kappa shape index (κ1) is 15.6. The predicted molar refractivity (Wildman–Crippen MR) is 79.6 cm³/mol. The molecular formula is C14H19N3O3S. The fourth-order valence-corrected chi connectivity index (χ4v) is 2.90. The van der Waals surface area contributed by atoms with E-state index in [1.54, 1.807) is 6.26 Å². The molecule has 1 atom stereocenters. The molecule has 2 rings (SSSR count). The van der Waals surface area contributed by atoms with Gasteiger partial charge >= 0.3 is 5.97 Å². The van der Waals surface area contributed by atoms with Crippen molar-refractivity contribution in [1.29, 1.82) is 0 Å². The van der Waals surface area contributed by atoms with Crippen LogP contribution < -0.4 is 0 Å². The second-order valence-corrected chi connectivity index (χ2v) is 6.12. The zero-order valence-electron chi connectivity index (χ0n) is 12.3. The van der Waals surface area contributed by atoms with Crippen molar-refractivity contribution in [2.24, 2.45) is 0 Å². The summed E-state index contributed by atoms with van der Waals surface area (Å²) < 4.78 is 7.40. The van der Waals surface area contributed by atoms with Crippen LogP contribution in [0.25, 0.3) is 0 Å². The van der Waals surface area contributed by atoms with E-state index in [1.165, 1.54) is 11.8 Å². The van der Waals surface area contributed by atoms with Crippen LogP contribution in [0, 0.1) is 0 Å². The number of carboxylic acids is 1. The van der Waals surface area contributed by atoms with Gasteiger partial charge in [-0.2, -0.15) is 0 Å². The normalized spacial score (nSPS) is 12.8. The molecule has 1 unspecified atom stereocenters. The molecule has 0 saturated heterocycles. The minimum atomic E-state index is -0.862.